The van der Waals surface area contributed by atoms with Crippen LogP contribution in [0.4, 0.5) is 10.5 Å². The second-order valence-corrected chi connectivity index (χ2v) is 7.59. The van der Waals surface area contributed by atoms with E-state index in [2.05, 4.69) is 10.3 Å². The molecule has 1 atom stereocenters. The van der Waals surface area contributed by atoms with Crippen LogP contribution in [-0.2, 0) is 4.74 Å². The van der Waals surface area contributed by atoms with Crippen molar-refractivity contribution in [2.75, 3.05) is 24.2 Å². The number of carbonyl (C=O) groups excluding carboxylic acids is 1. The summed E-state index contributed by atoms with van der Waals surface area (Å²) in [4.78, 5) is 18.9. The van der Waals surface area contributed by atoms with Gasteiger partial charge in [0.15, 0.2) is 4.34 Å². The molecule has 0 spiro atoms. The average molecular weight is 353 g/mol. The number of benzene rings is 1. The maximum atomic E-state index is 12.1. The molecular formula is C14H15N3O2S3. The Hall–Kier alpha value is -1.38. The number of anilines is 1. The average Bonchev–Trinajstić information content (AvgIpc) is 3.07. The van der Waals surface area contributed by atoms with Crippen LogP contribution in [0.3, 0.4) is 0 Å². The minimum Gasteiger partial charge on any atom is -0.442 e. The first-order valence-corrected chi connectivity index (χ1v) is 9.19. The lowest BCUT2D eigenvalue weighted by atomic mass is 10.2. The van der Waals surface area contributed by atoms with Crippen LogP contribution in [0.1, 0.15) is 6.92 Å². The predicted molar refractivity (Wildman–Crippen MR) is 95.3 cm³/mol. The van der Waals surface area contributed by atoms with Crippen molar-refractivity contribution in [3.8, 4) is 0 Å². The molecule has 0 saturated carbocycles. The molecule has 1 aliphatic rings. The number of rotatable bonds is 4. The molecule has 0 aliphatic carbocycles. The fourth-order valence-corrected chi connectivity index (χ4v) is 3.85. The first kappa shape index (κ1) is 15.5. The summed E-state index contributed by atoms with van der Waals surface area (Å²) in [6.07, 6.45) is 1.50. The van der Waals surface area contributed by atoms with Gasteiger partial charge in [0.2, 0.25) is 0 Å². The number of fused-ring (bicyclic) bond motifs is 1. The summed E-state index contributed by atoms with van der Waals surface area (Å²) in [7, 11) is 0. The van der Waals surface area contributed by atoms with Crippen LogP contribution in [0.2, 0.25) is 0 Å². The van der Waals surface area contributed by atoms with E-state index < -0.39 is 0 Å². The van der Waals surface area contributed by atoms with Crippen molar-refractivity contribution in [3.63, 3.8) is 0 Å². The van der Waals surface area contributed by atoms with Crippen LogP contribution in [0.5, 0.6) is 0 Å². The molecule has 1 aromatic heterocycles. The van der Waals surface area contributed by atoms with Gasteiger partial charge in [-0.1, -0.05) is 24.0 Å². The number of cyclic esters (lactones) is 1. The molecule has 1 aromatic carbocycles. The zero-order valence-corrected chi connectivity index (χ0v) is 14.6. The van der Waals surface area contributed by atoms with Gasteiger partial charge >= 0.3 is 6.09 Å². The number of carbonyl (C=O) groups is 1. The largest absolute Gasteiger partial charge is 0.442 e. The van der Waals surface area contributed by atoms with Crippen LogP contribution in [0, 0.1) is 0 Å². The van der Waals surface area contributed by atoms with Crippen LogP contribution >= 0.6 is 35.3 Å². The summed E-state index contributed by atoms with van der Waals surface area (Å²) < 4.78 is 7.46. The standard InChI is InChI=1S/C14H15N3O2S3/c1-8(20)15-6-10-7-17(14(18)19-10)9-3-4-11-12(5-9)22-13(16-11)21-2/h3-5,10H,6-7H2,1-2H3,(H,15,20)/t10-/m0/s1. The molecule has 0 bridgehead atoms. The highest BCUT2D eigenvalue weighted by Gasteiger charge is 2.32. The Bertz CT molecular complexity index is 731. The number of aromatic nitrogens is 1. The SMILES string of the molecule is CSc1nc2ccc(N3C[C@H](CNC(C)=S)OC3=O)cc2s1. The summed E-state index contributed by atoms with van der Waals surface area (Å²) in [6, 6.07) is 5.85. The van der Waals surface area contributed by atoms with Gasteiger partial charge in [0, 0.05) is 5.69 Å². The molecule has 5 nitrogen and oxygen atoms in total. The third-order valence-electron chi connectivity index (χ3n) is 3.29. The van der Waals surface area contributed by atoms with E-state index in [0.717, 1.165) is 20.2 Å². The van der Waals surface area contributed by atoms with E-state index in [1.54, 1.807) is 28.0 Å². The van der Waals surface area contributed by atoms with Gasteiger partial charge in [0.1, 0.15) is 6.10 Å². The van der Waals surface area contributed by atoms with Gasteiger partial charge in [0.25, 0.3) is 0 Å². The smallest absolute Gasteiger partial charge is 0.414 e. The van der Waals surface area contributed by atoms with Crippen molar-refractivity contribution in [2.45, 2.75) is 17.4 Å². The second kappa shape index (κ2) is 6.39. The Labute approximate surface area is 142 Å². The van der Waals surface area contributed by atoms with Crippen LogP contribution in [0.25, 0.3) is 10.2 Å². The number of nitrogens with zero attached hydrogens (tertiary/aromatic N) is 2. The van der Waals surface area contributed by atoms with Gasteiger partial charge in [-0.05, 0) is 31.4 Å². The summed E-state index contributed by atoms with van der Waals surface area (Å²) >= 11 is 8.23. The van der Waals surface area contributed by atoms with Gasteiger partial charge < -0.3 is 10.1 Å². The molecule has 0 radical (unpaired) electrons. The molecule has 1 amide bonds. The van der Waals surface area contributed by atoms with Gasteiger partial charge in [-0.15, -0.1) is 11.3 Å². The van der Waals surface area contributed by atoms with Crippen molar-refractivity contribution in [2.24, 2.45) is 0 Å². The Kier molecular flexibility index (Phi) is 4.51. The minimum absolute atomic E-state index is 0.190. The lowest BCUT2D eigenvalue weighted by molar-refractivity contribution is 0.143. The van der Waals surface area contributed by atoms with Crippen LogP contribution in [-0.4, -0.2) is 41.5 Å². The number of hydrogen-bond donors (Lipinski definition) is 1. The van der Waals surface area contributed by atoms with Crippen molar-refractivity contribution in [1.82, 2.24) is 10.3 Å². The number of thiocarbonyl (C=S) groups is 1. The first-order valence-electron chi connectivity index (χ1n) is 6.74. The lowest BCUT2D eigenvalue weighted by Gasteiger charge is -2.13. The van der Waals surface area contributed by atoms with Crippen molar-refractivity contribution in [3.05, 3.63) is 18.2 Å². The fraction of sp³-hybridized carbons (Fsp3) is 0.357. The Morgan fingerprint density at radius 1 is 1.64 bits per heavy atom. The molecule has 1 N–H and O–H groups in total. The van der Waals surface area contributed by atoms with E-state index in [4.69, 9.17) is 17.0 Å². The lowest BCUT2D eigenvalue weighted by Crippen LogP contribution is -2.32. The maximum Gasteiger partial charge on any atom is 0.414 e. The molecule has 8 heteroatoms. The van der Waals surface area contributed by atoms with E-state index in [-0.39, 0.29) is 12.2 Å². The zero-order chi connectivity index (χ0) is 15.7. The molecule has 22 heavy (non-hydrogen) atoms. The van der Waals surface area contributed by atoms with E-state index in [0.29, 0.717) is 18.1 Å². The monoisotopic (exact) mass is 353 g/mol. The van der Waals surface area contributed by atoms with Gasteiger partial charge in [-0.2, -0.15) is 0 Å². The summed E-state index contributed by atoms with van der Waals surface area (Å²) in [5, 5.41) is 3.04. The molecule has 1 saturated heterocycles. The van der Waals surface area contributed by atoms with Gasteiger partial charge in [-0.25, -0.2) is 9.78 Å². The van der Waals surface area contributed by atoms with E-state index >= 15 is 0 Å². The predicted octanol–water partition coefficient (Wildman–Crippen LogP) is 3.28. The number of ether oxygens (including phenoxy) is 1. The molecule has 2 heterocycles. The molecule has 0 unspecified atom stereocenters. The quantitative estimate of drug-likeness (QED) is 0.672. The van der Waals surface area contributed by atoms with Gasteiger partial charge in [0.05, 0.1) is 28.3 Å². The van der Waals surface area contributed by atoms with Crippen LogP contribution in [0.15, 0.2) is 22.5 Å². The summed E-state index contributed by atoms with van der Waals surface area (Å²) in [6.45, 7) is 2.87. The van der Waals surface area contributed by atoms with Crippen molar-refractivity contribution in [1.29, 1.82) is 0 Å². The number of thioether (sulfide) groups is 1. The molecule has 1 aliphatic heterocycles. The number of thiazole rings is 1. The minimum atomic E-state index is -0.317. The number of hydrogen-bond acceptors (Lipinski definition) is 6. The molecular weight excluding hydrogens is 338 g/mol. The van der Waals surface area contributed by atoms with Crippen LogP contribution < -0.4 is 10.2 Å². The third-order valence-corrected chi connectivity index (χ3v) is 5.44. The highest BCUT2D eigenvalue weighted by Crippen LogP contribution is 2.32. The third kappa shape index (κ3) is 3.18. The topological polar surface area (TPSA) is 54.5 Å². The number of amides is 1. The zero-order valence-electron chi connectivity index (χ0n) is 12.2. The molecule has 1 fully saturated rings. The normalized spacial score (nSPS) is 17.8. The summed E-state index contributed by atoms with van der Waals surface area (Å²) in [5.74, 6) is 0. The fourth-order valence-electron chi connectivity index (χ4n) is 2.24. The summed E-state index contributed by atoms with van der Waals surface area (Å²) in [5.41, 5.74) is 1.80. The molecule has 116 valence electrons. The first-order chi connectivity index (χ1) is 10.6. The Morgan fingerprint density at radius 2 is 2.45 bits per heavy atom. The maximum absolute atomic E-state index is 12.1. The van der Waals surface area contributed by atoms with Crippen molar-refractivity contribution >= 4 is 62.3 Å². The van der Waals surface area contributed by atoms with Crippen molar-refractivity contribution < 1.29 is 9.53 Å². The second-order valence-electron chi connectivity index (χ2n) is 4.89. The highest BCUT2D eigenvalue weighted by atomic mass is 32.2. The molecule has 2 aromatic rings. The number of nitrogens with one attached hydrogen (secondary N) is 1. The van der Waals surface area contributed by atoms with Gasteiger partial charge in [-0.3, -0.25) is 4.90 Å². The van der Waals surface area contributed by atoms with E-state index in [1.165, 1.54) is 0 Å². The highest BCUT2D eigenvalue weighted by molar-refractivity contribution is 8.00. The van der Waals surface area contributed by atoms with E-state index in [1.807, 2.05) is 31.4 Å². The Morgan fingerprint density at radius 3 is 3.18 bits per heavy atom. The van der Waals surface area contributed by atoms with E-state index in [9.17, 15) is 4.79 Å². The molecule has 3 rings (SSSR count). The Balaban J connectivity index is 1.78.